The second kappa shape index (κ2) is 13.0. The average molecular weight is 587 g/mol. The van der Waals surface area contributed by atoms with Crippen molar-refractivity contribution in [2.45, 2.75) is 45.7 Å². The zero-order valence-electron chi connectivity index (χ0n) is 19.6. The molecule has 0 bridgehead atoms. The lowest BCUT2D eigenvalue weighted by atomic mass is 10.1. The van der Waals surface area contributed by atoms with Gasteiger partial charge in [-0.15, -0.1) is 12.4 Å². The van der Waals surface area contributed by atoms with Gasteiger partial charge in [-0.3, -0.25) is 14.9 Å². The molecule has 0 fully saturated rings. The number of hydrogen-bond acceptors (Lipinski definition) is 5. The topological polar surface area (TPSA) is 107 Å². The summed E-state index contributed by atoms with van der Waals surface area (Å²) in [6.07, 6.45) is -0.915. The maximum atomic E-state index is 13.9. The van der Waals surface area contributed by atoms with Crippen LogP contribution in [0.4, 0.5) is 8.78 Å². The number of rotatable bonds is 10. The molecule has 1 aromatic heterocycles. The van der Waals surface area contributed by atoms with Gasteiger partial charge in [0.1, 0.15) is 34.5 Å². The van der Waals surface area contributed by atoms with E-state index in [4.69, 9.17) is 10.5 Å². The van der Waals surface area contributed by atoms with Gasteiger partial charge in [-0.1, -0.05) is 24.3 Å². The van der Waals surface area contributed by atoms with Crippen molar-refractivity contribution in [3.8, 4) is 5.75 Å². The monoisotopic (exact) mass is 585 g/mol. The summed E-state index contributed by atoms with van der Waals surface area (Å²) in [5.74, 6) is -1.77. The molecule has 7 nitrogen and oxygen atoms in total. The number of aliphatic hydroxyl groups excluding tert-OH is 1. The van der Waals surface area contributed by atoms with E-state index in [1.165, 1.54) is 13.0 Å². The Morgan fingerprint density at radius 3 is 2.39 bits per heavy atom. The van der Waals surface area contributed by atoms with Crippen LogP contribution in [-0.2, 0) is 24.5 Å². The Morgan fingerprint density at radius 2 is 1.81 bits per heavy atom. The standard InChI is InChI=1S/C25H26BrF2N3O4.ClH/c1-14-9-21(35-13-18-7-8-19(27)10-20(18)28)22(26)25(34)31(14)12-17-5-3-16(4-6-17)11-30-23(15(2)32)24(29)33;/h3-10,15,23,30,32H,11-13H2,1-2H3,(H2,29,33);1H/t15?,23-;/m0./s1. The third kappa shape index (κ3) is 7.36. The van der Waals surface area contributed by atoms with Crippen molar-refractivity contribution >= 4 is 34.2 Å². The lowest BCUT2D eigenvalue weighted by Crippen LogP contribution is -2.47. The Bertz CT molecular complexity index is 1270. The number of carbonyl (C=O) groups excluding carboxylic acids is 1. The number of aromatic nitrogens is 1. The van der Waals surface area contributed by atoms with Crippen LogP contribution in [-0.4, -0.2) is 27.7 Å². The molecule has 194 valence electrons. The highest BCUT2D eigenvalue weighted by Crippen LogP contribution is 2.24. The zero-order valence-corrected chi connectivity index (χ0v) is 22.0. The summed E-state index contributed by atoms with van der Waals surface area (Å²) < 4.78 is 34.4. The molecule has 2 aromatic carbocycles. The molecule has 0 aliphatic heterocycles. The van der Waals surface area contributed by atoms with Crippen molar-refractivity contribution in [2.24, 2.45) is 5.73 Å². The predicted octanol–water partition coefficient (Wildman–Crippen LogP) is 3.57. The smallest absolute Gasteiger partial charge is 0.269 e. The molecule has 0 radical (unpaired) electrons. The average Bonchev–Trinajstić information content (AvgIpc) is 2.79. The van der Waals surface area contributed by atoms with E-state index in [0.717, 1.165) is 23.3 Å². The summed E-state index contributed by atoms with van der Waals surface area (Å²) in [6, 6.07) is 11.5. The Labute approximate surface area is 221 Å². The van der Waals surface area contributed by atoms with E-state index in [0.29, 0.717) is 18.8 Å². The van der Waals surface area contributed by atoms with E-state index in [1.807, 2.05) is 24.3 Å². The van der Waals surface area contributed by atoms with E-state index < -0.39 is 29.7 Å². The molecule has 3 rings (SSSR count). The fraction of sp³-hybridized carbons (Fsp3) is 0.280. The number of ether oxygens (including phenoxy) is 1. The second-order valence-electron chi connectivity index (χ2n) is 8.20. The second-order valence-corrected chi connectivity index (χ2v) is 8.99. The number of primary amides is 1. The molecule has 4 N–H and O–H groups in total. The van der Waals surface area contributed by atoms with Crippen LogP contribution in [0.15, 0.2) is 57.8 Å². The van der Waals surface area contributed by atoms with Gasteiger partial charge in [0.05, 0.1) is 12.6 Å². The molecule has 0 spiro atoms. The van der Waals surface area contributed by atoms with Crippen LogP contribution >= 0.6 is 28.3 Å². The van der Waals surface area contributed by atoms with Crippen molar-refractivity contribution in [2.75, 3.05) is 0 Å². The largest absolute Gasteiger partial charge is 0.487 e. The van der Waals surface area contributed by atoms with Gasteiger partial charge < -0.3 is 20.1 Å². The number of aliphatic hydroxyl groups is 1. The van der Waals surface area contributed by atoms with Crippen LogP contribution in [0.3, 0.4) is 0 Å². The fourth-order valence-electron chi connectivity index (χ4n) is 3.49. The van der Waals surface area contributed by atoms with Gasteiger partial charge in [-0.25, -0.2) is 8.78 Å². The van der Waals surface area contributed by atoms with Gasteiger partial charge >= 0.3 is 0 Å². The Kier molecular flexibility index (Phi) is 10.6. The number of halogens is 4. The van der Waals surface area contributed by atoms with Crippen molar-refractivity contribution in [1.82, 2.24) is 9.88 Å². The number of carbonyl (C=O) groups is 1. The van der Waals surface area contributed by atoms with Gasteiger partial charge in [0.25, 0.3) is 5.56 Å². The van der Waals surface area contributed by atoms with Crippen molar-refractivity contribution in [1.29, 1.82) is 0 Å². The first-order valence-electron chi connectivity index (χ1n) is 10.8. The summed E-state index contributed by atoms with van der Waals surface area (Å²) in [5, 5.41) is 12.6. The molecule has 2 atom stereocenters. The summed E-state index contributed by atoms with van der Waals surface area (Å²) >= 11 is 3.27. The van der Waals surface area contributed by atoms with Gasteiger partial charge in [-0.2, -0.15) is 0 Å². The Hall–Kier alpha value is -2.79. The Balaban J connectivity index is 0.00000456. The number of nitrogens with one attached hydrogen (secondary N) is 1. The predicted molar refractivity (Wildman–Crippen MR) is 138 cm³/mol. The van der Waals surface area contributed by atoms with Crippen molar-refractivity contribution < 1.29 is 23.4 Å². The quantitative estimate of drug-likeness (QED) is 0.337. The number of pyridine rings is 1. The zero-order chi connectivity index (χ0) is 25.7. The molecule has 1 heterocycles. The van der Waals surface area contributed by atoms with Crippen LogP contribution in [0.2, 0.25) is 0 Å². The van der Waals surface area contributed by atoms with E-state index in [2.05, 4.69) is 21.2 Å². The highest BCUT2D eigenvalue weighted by molar-refractivity contribution is 9.10. The summed E-state index contributed by atoms with van der Waals surface area (Å²) in [4.78, 5) is 24.3. The molecular formula is C25H27BrClF2N3O4. The molecule has 11 heteroatoms. The molecular weight excluding hydrogens is 560 g/mol. The van der Waals surface area contributed by atoms with Gasteiger partial charge in [-0.05, 0) is 53.0 Å². The number of benzene rings is 2. The highest BCUT2D eigenvalue weighted by Gasteiger charge is 2.20. The number of aryl methyl sites for hydroxylation is 1. The number of nitrogens with two attached hydrogens (primary N) is 1. The lowest BCUT2D eigenvalue weighted by Gasteiger charge is -2.18. The van der Waals surface area contributed by atoms with E-state index in [-0.39, 0.29) is 40.4 Å². The van der Waals surface area contributed by atoms with E-state index in [1.54, 1.807) is 17.6 Å². The Morgan fingerprint density at radius 1 is 1.17 bits per heavy atom. The normalized spacial score (nSPS) is 12.5. The first kappa shape index (κ1) is 29.4. The number of nitrogens with zero attached hydrogens (tertiary/aromatic N) is 1. The maximum Gasteiger partial charge on any atom is 0.269 e. The highest BCUT2D eigenvalue weighted by atomic mass is 79.9. The van der Waals surface area contributed by atoms with Crippen LogP contribution in [0.25, 0.3) is 0 Å². The minimum Gasteiger partial charge on any atom is -0.487 e. The van der Waals surface area contributed by atoms with Crippen molar-refractivity contribution in [3.63, 3.8) is 0 Å². The number of amides is 1. The third-order valence-corrected chi connectivity index (χ3v) is 6.22. The minimum absolute atomic E-state index is 0. The van der Waals surface area contributed by atoms with Crippen LogP contribution in [0.5, 0.6) is 5.75 Å². The first-order valence-corrected chi connectivity index (χ1v) is 11.6. The minimum atomic E-state index is -0.915. The summed E-state index contributed by atoms with van der Waals surface area (Å²) in [6.45, 7) is 3.73. The molecule has 1 amide bonds. The fourth-order valence-corrected chi connectivity index (χ4v) is 3.94. The van der Waals surface area contributed by atoms with E-state index in [9.17, 15) is 23.5 Å². The third-order valence-electron chi connectivity index (χ3n) is 5.49. The van der Waals surface area contributed by atoms with Gasteiger partial charge in [0, 0.05) is 29.9 Å². The van der Waals surface area contributed by atoms with Crippen LogP contribution < -0.4 is 21.3 Å². The molecule has 36 heavy (non-hydrogen) atoms. The van der Waals surface area contributed by atoms with Crippen LogP contribution in [0.1, 0.15) is 29.3 Å². The molecule has 0 aliphatic carbocycles. The summed E-state index contributed by atoms with van der Waals surface area (Å²) in [7, 11) is 0. The molecule has 0 aliphatic rings. The maximum absolute atomic E-state index is 13.9. The van der Waals surface area contributed by atoms with Gasteiger partial charge in [0.15, 0.2) is 0 Å². The van der Waals surface area contributed by atoms with Crippen molar-refractivity contribution in [3.05, 3.63) is 97.4 Å². The molecule has 1 unspecified atom stereocenters. The first-order chi connectivity index (χ1) is 16.6. The van der Waals surface area contributed by atoms with Crippen LogP contribution in [0, 0.1) is 18.6 Å². The van der Waals surface area contributed by atoms with Gasteiger partial charge in [0.2, 0.25) is 5.91 Å². The number of hydrogen-bond donors (Lipinski definition) is 3. The SMILES string of the molecule is Cc1cc(OCc2ccc(F)cc2F)c(Br)c(=O)n1Cc1ccc(CN[C@H](C(N)=O)C(C)O)cc1.Cl. The molecule has 3 aromatic rings. The lowest BCUT2D eigenvalue weighted by molar-refractivity contribution is -0.122. The summed E-state index contributed by atoms with van der Waals surface area (Å²) in [5.41, 5.74) is 7.53. The molecule has 0 saturated carbocycles. The van der Waals surface area contributed by atoms with E-state index >= 15 is 0 Å². The molecule has 0 saturated heterocycles.